The minimum atomic E-state index is 0.0589. The van der Waals surface area contributed by atoms with Gasteiger partial charge in [-0.25, -0.2) is 9.97 Å². The Morgan fingerprint density at radius 2 is 1.74 bits per heavy atom. The third-order valence-corrected chi connectivity index (χ3v) is 4.81. The number of anilines is 1. The van der Waals surface area contributed by atoms with E-state index in [0.29, 0.717) is 11.6 Å². The summed E-state index contributed by atoms with van der Waals surface area (Å²) in [7, 11) is 0. The van der Waals surface area contributed by atoms with Gasteiger partial charge in [0, 0.05) is 45.0 Å². The molecular formula is C17H27N5O. The van der Waals surface area contributed by atoms with Gasteiger partial charge in [0.2, 0.25) is 5.95 Å². The number of likely N-dealkylation sites (tertiary alicyclic amines) is 1. The van der Waals surface area contributed by atoms with Crippen molar-refractivity contribution in [1.82, 2.24) is 19.8 Å². The molecule has 23 heavy (non-hydrogen) atoms. The highest BCUT2D eigenvalue weighted by Gasteiger charge is 2.23. The Balaban J connectivity index is 1.75. The molecular weight excluding hydrogens is 290 g/mol. The molecule has 0 aliphatic carbocycles. The predicted octanol–water partition coefficient (Wildman–Crippen LogP) is 1.55. The van der Waals surface area contributed by atoms with Crippen molar-refractivity contribution in [3.63, 3.8) is 0 Å². The van der Waals surface area contributed by atoms with Crippen LogP contribution < -0.4 is 4.90 Å². The van der Waals surface area contributed by atoms with Crippen LogP contribution in [0.25, 0.3) is 0 Å². The lowest BCUT2D eigenvalue weighted by atomic mass is 10.1. The van der Waals surface area contributed by atoms with Crippen LogP contribution in [0.3, 0.4) is 0 Å². The van der Waals surface area contributed by atoms with Gasteiger partial charge in [-0.15, -0.1) is 0 Å². The van der Waals surface area contributed by atoms with Crippen LogP contribution in [0.5, 0.6) is 0 Å². The molecule has 0 saturated carbocycles. The van der Waals surface area contributed by atoms with Gasteiger partial charge in [-0.05, 0) is 38.8 Å². The number of piperazine rings is 1. The highest BCUT2D eigenvalue weighted by Crippen LogP contribution is 2.16. The molecule has 0 unspecified atom stereocenters. The summed E-state index contributed by atoms with van der Waals surface area (Å²) in [6.45, 7) is 10.8. The normalized spacial score (nSPS) is 19.9. The zero-order valence-corrected chi connectivity index (χ0v) is 14.3. The first-order valence-electron chi connectivity index (χ1n) is 8.79. The lowest BCUT2D eigenvalue weighted by molar-refractivity contribution is 0.0718. The number of amides is 1. The quantitative estimate of drug-likeness (QED) is 0.847. The minimum absolute atomic E-state index is 0.0589. The number of likely N-dealkylation sites (N-methyl/N-ethyl adjacent to an activating group) is 1. The average molecular weight is 317 g/mol. The molecule has 1 aromatic rings. The number of carbonyl (C=O) groups excluding carboxylic acids is 1. The van der Waals surface area contributed by atoms with Gasteiger partial charge in [0.25, 0.3) is 5.91 Å². The summed E-state index contributed by atoms with van der Waals surface area (Å²) in [6.07, 6.45) is 3.42. The van der Waals surface area contributed by atoms with Gasteiger partial charge in [-0.2, -0.15) is 0 Å². The Labute approximate surface area is 138 Å². The van der Waals surface area contributed by atoms with Gasteiger partial charge >= 0.3 is 0 Å². The van der Waals surface area contributed by atoms with E-state index < -0.39 is 0 Å². The van der Waals surface area contributed by atoms with Crippen LogP contribution in [0.4, 0.5) is 5.95 Å². The molecule has 1 amide bonds. The van der Waals surface area contributed by atoms with Crippen molar-refractivity contribution in [3.05, 3.63) is 17.5 Å². The van der Waals surface area contributed by atoms with Crippen LogP contribution in [0.1, 0.15) is 42.4 Å². The van der Waals surface area contributed by atoms with Gasteiger partial charge in [0.15, 0.2) is 0 Å². The van der Waals surface area contributed by atoms with Crippen molar-refractivity contribution in [2.75, 3.05) is 50.7 Å². The Morgan fingerprint density at radius 3 is 2.39 bits per heavy atom. The molecule has 126 valence electrons. The van der Waals surface area contributed by atoms with Crippen LogP contribution in [-0.2, 0) is 0 Å². The summed E-state index contributed by atoms with van der Waals surface area (Å²) >= 11 is 0. The monoisotopic (exact) mass is 317 g/mol. The van der Waals surface area contributed by atoms with E-state index in [1.165, 1.54) is 6.42 Å². The summed E-state index contributed by atoms with van der Waals surface area (Å²) in [5.74, 6) is 0.768. The summed E-state index contributed by atoms with van der Waals surface area (Å²) in [6, 6.07) is 1.82. The molecule has 6 nitrogen and oxygen atoms in total. The van der Waals surface area contributed by atoms with E-state index in [0.717, 1.165) is 64.3 Å². The first-order chi connectivity index (χ1) is 11.2. The zero-order chi connectivity index (χ0) is 16.2. The van der Waals surface area contributed by atoms with Crippen molar-refractivity contribution in [2.24, 2.45) is 0 Å². The van der Waals surface area contributed by atoms with Gasteiger partial charge < -0.3 is 14.7 Å². The van der Waals surface area contributed by atoms with Gasteiger partial charge in [-0.3, -0.25) is 4.79 Å². The Kier molecular flexibility index (Phi) is 5.10. The SMILES string of the molecule is CCN1CCN(c2nc(C)cc(C(=O)N3CCCCC3)n2)CC1. The summed E-state index contributed by atoms with van der Waals surface area (Å²) < 4.78 is 0. The molecule has 2 aliphatic heterocycles. The van der Waals surface area contributed by atoms with Crippen molar-refractivity contribution in [2.45, 2.75) is 33.1 Å². The second-order valence-corrected chi connectivity index (χ2v) is 6.47. The smallest absolute Gasteiger partial charge is 0.272 e. The molecule has 2 aliphatic rings. The molecule has 0 bridgehead atoms. The van der Waals surface area contributed by atoms with Crippen LogP contribution in [0.15, 0.2) is 6.07 Å². The largest absolute Gasteiger partial charge is 0.338 e. The number of nitrogens with zero attached hydrogens (tertiary/aromatic N) is 5. The van der Waals surface area contributed by atoms with Crippen LogP contribution >= 0.6 is 0 Å². The molecule has 2 saturated heterocycles. The number of aryl methyl sites for hydroxylation is 1. The fourth-order valence-corrected chi connectivity index (χ4v) is 3.33. The molecule has 0 aromatic carbocycles. The third-order valence-electron chi connectivity index (χ3n) is 4.81. The van der Waals surface area contributed by atoms with E-state index in [-0.39, 0.29) is 5.91 Å². The van der Waals surface area contributed by atoms with Crippen molar-refractivity contribution >= 4 is 11.9 Å². The Morgan fingerprint density at radius 1 is 1.04 bits per heavy atom. The summed E-state index contributed by atoms with van der Waals surface area (Å²) in [4.78, 5) is 28.4. The molecule has 6 heteroatoms. The number of carbonyl (C=O) groups is 1. The first kappa shape index (κ1) is 16.2. The second-order valence-electron chi connectivity index (χ2n) is 6.47. The number of hydrogen-bond donors (Lipinski definition) is 0. The Hall–Kier alpha value is -1.69. The number of piperidine rings is 1. The summed E-state index contributed by atoms with van der Waals surface area (Å²) in [5, 5.41) is 0. The highest BCUT2D eigenvalue weighted by molar-refractivity contribution is 5.92. The van der Waals surface area contributed by atoms with Crippen molar-refractivity contribution < 1.29 is 4.79 Å². The maximum atomic E-state index is 12.7. The lowest BCUT2D eigenvalue weighted by Crippen LogP contribution is -2.47. The van der Waals surface area contributed by atoms with Crippen LogP contribution in [0, 0.1) is 6.92 Å². The molecule has 3 heterocycles. The molecule has 1 aromatic heterocycles. The topological polar surface area (TPSA) is 52.6 Å². The van der Waals surface area contributed by atoms with Crippen molar-refractivity contribution in [1.29, 1.82) is 0 Å². The standard InChI is InChI=1S/C17H27N5O/c1-3-20-9-11-22(12-10-20)17-18-14(2)13-15(19-17)16(23)21-7-5-4-6-8-21/h13H,3-12H2,1-2H3. The molecule has 0 spiro atoms. The van der Waals surface area contributed by atoms with E-state index in [1.54, 1.807) is 0 Å². The number of hydrogen-bond acceptors (Lipinski definition) is 5. The van der Waals surface area contributed by atoms with E-state index >= 15 is 0 Å². The molecule has 0 N–H and O–H groups in total. The molecule has 0 atom stereocenters. The maximum absolute atomic E-state index is 12.7. The molecule has 0 radical (unpaired) electrons. The third kappa shape index (κ3) is 3.80. The van der Waals surface area contributed by atoms with Crippen LogP contribution in [-0.4, -0.2) is 71.5 Å². The molecule has 3 rings (SSSR count). The van der Waals surface area contributed by atoms with E-state index in [1.807, 2.05) is 17.9 Å². The zero-order valence-electron chi connectivity index (χ0n) is 14.3. The average Bonchev–Trinajstić information content (AvgIpc) is 2.61. The van der Waals surface area contributed by atoms with E-state index in [2.05, 4.69) is 26.7 Å². The maximum Gasteiger partial charge on any atom is 0.272 e. The van der Waals surface area contributed by atoms with Gasteiger partial charge in [-0.1, -0.05) is 6.92 Å². The van der Waals surface area contributed by atoms with Gasteiger partial charge in [0.05, 0.1) is 0 Å². The van der Waals surface area contributed by atoms with E-state index in [4.69, 9.17) is 0 Å². The second kappa shape index (κ2) is 7.25. The number of aromatic nitrogens is 2. The predicted molar refractivity (Wildman–Crippen MR) is 90.9 cm³/mol. The van der Waals surface area contributed by atoms with Crippen molar-refractivity contribution in [3.8, 4) is 0 Å². The first-order valence-corrected chi connectivity index (χ1v) is 8.79. The molecule has 2 fully saturated rings. The van der Waals surface area contributed by atoms with Crippen LogP contribution in [0.2, 0.25) is 0 Å². The highest BCUT2D eigenvalue weighted by atomic mass is 16.2. The minimum Gasteiger partial charge on any atom is -0.338 e. The summed E-state index contributed by atoms with van der Waals surface area (Å²) in [5.41, 5.74) is 1.42. The fraction of sp³-hybridized carbons (Fsp3) is 0.706. The van der Waals surface area contributed by atoms with E-state index in [9.17, 15) is 4.79 Å². The number of rotatable bonds is 3. The van der Waals surface area contributed by atoms with Gasteiger partial charge in [0.1, 0.15) is 5.69 Å². The lowest BCUT2D eigenvalue weighted by Gasteiger charge is -2.34. The Bertz CT molecular complexity index is 548. The fourth-order valence-electron chi connectivity index (χ4n) is 3.33.